The van der Waals surface area contributed by atoms with Crippen LogP contribution in [-0.4, -0.2) is 15.7 Å². The minimum absolute atomic E-state index is 0.182. The molecule has 154 valence electrons. The highest BCUT2D eigenvalue weighted by Gasteiger charge is 2.44. The molecule has 3 aromatic rings. The Hall–Kier alpha value is -3.02. The molecule has 30 heavy (non-hydrogen) atoms. The highest BCUT2D eigenvalue weighted by molar-refractivity contribution is 5.95. The second-order valence-electron chi connectivity index (χ2n) is 8.81. The average Bonchev–Trinajstić information content (AvgIpc) is 3.41. The molecule has 0 radical (unpaired) electrons. The number of carbonyl (C=O) groups is 1. The highest BCUT2D eigenvalue weighted by atomic mass is 19.1. The van der Waals surface area contributed by atoms with Crippen LogP contribution in [0.2, 0.25) is 0 Å². The van der Waals surface area contributed by atoms with Crippen molar-refractivity contribution in [2.75, 3.05) is 0 Å². The molecule has 1 N–H and O–H groups in total. The van der Waals surface area contributed by atoms with E-state index in [0.717, 1.165) is 42.1 Å². The Kier molecular flexibility index (Phi) is 4.27. The van der Waals surface area contributed by atoms with Crippen molar-refractivity contribution in [3.63, 3.8) is 0 Å². The third-order valence-corrected chi connectivity index (χ3v) is 6.46. The molecule has 5 rings (SSSR count). The summed E-state index contributed by atoms with van der Waals surface area (Å²) in [6, 6.07) is 13.2. The monoisotopic (exact) mass is 407 g/mol. The topological polar surface area (TPSA) is 46.9 Å². The number of fused-ring (bicyclic) bond motifs is 5. The van der Waals surface area contributed by atoms with Gasteiger partial charge < -0.3 is 5.32 Å². The minimum atomic E-state index is -0.681. The van der Waals surface area contributed by atoms with Crippen LogP contribution in [0.4, 0.5) is 8.78 Å². The maximum Gasteiger partial charge on any atom is 0.272 e. The Morgan fingerprint density at radius 3 is 2.57 bits per heavy atom. The molecule has 1 amide bonds. The van der Waals surface area contributed by atoms with Gasteiger partial charge in [0.15, 0.2) is 11.5 Å². The number of carbonyl (C=O) groups excluding carboxylic acids is 1. The van der Waals surface area contributed by atoms with E-state index in [9.17, 15) is 13.6 Å². The van der Waals surface area contributed by atoms with Gasteiger partial charge in [0.2, 0.25) is 0 Å². The van der Waals surface area contributed by atoms with Crippen molar-refractivity contribution in [3.8, 4) is 5.69 Å². The summed E-state index contributed by atoms with van der Waals surface area (Å²) in [6.07, 6.45) is 2.97. The zero-order valence-electron chi connectivity index (χ0n) is 17.0. The lowest BCUT2D eigenvalue weighted by molar-refractivity contribution is 0.0905. The molecule has 1 fully saturated rings. The van der Waals surface area contributed by atoms with Crippen LogP contribution < -0.4 is 5.32 Å². The van der Waals surface area contributed by atoms with Crippen LogP contribution in [0.15, 0.2) is 48.5 Å². The number of nitrogens with one attached hydrogen (secondary N) is 1. The smallest absolute Gasteiger partial charge is 0.272 e. The molecule has 0 aliphatic heterocycles. The highest BCUT2D eigenvalue weighted by Crippen LogP contribution is 2.54. The Labute approximate surface area is 173 Å². The number of hydrogen-bond acceptors (Lipinski definition) is 2. The number of hydrogen-bond donors (Lipinski definition) is 1. The van der Waals surface area contributed by atoms with Crippen molar-refractivity contribution < 1.29 is 13.6 Å². The zero-order chi connectivity index (χ0) is 21.0. The molecule has 4 nitrogen and oxygen atoms in total. The molecule has 0 spiro atoms. The fraction of sp³-hybridized carbons (Fsp3) is 0.333. The summed E-state index contributed by atoms with van der Waals surface area (Å²) in [5.74, 6) is -1.06. The van der Waals surface area contributed by atoms with Crippen LogP contribution >= 0.6 is 0 Å². The summed E-state index contributed by atoms with van der Waals surface area (Å²) in [4.78, 5) is 13.3. The van der Waals surface area contributed by atoms with Crippen molar-refractivity contribution in [2.24, 2.45) is 0 Å². The number of aromatic nitrogens is 2. The van der Waals surface area contributed by atoms with E-state index in [1.807, 2.05) is 44.2 Å². The van der Waals surface area contributed by atoms with Crippen LogP contribution in [0.5, 0.6) is 0 Å². The summed E-state index contributed by atoms with van der Waals surface area (Å²) < 4.78 is 29.5. The van der Waals surface area contributed by atoms with E-state index in [4.69, 9.17) is 0 Å². The largest absolute Gasteiger partial charge is 0.342 e. The maximum absolute atomic E-state index is 14.5. The van der Waals surface area contributed by atoms with Gasteiger partial charge in [0.1, 0.15) is 11.5 Å². The quantitative estimate of drug-likeness (QED) is 0.648. The first-order valence-electron chi connectivity index (χ1n) is 10.3. The first-order chi connectivity index (χ1) is 14.3. The molecule has 2 aromatic carbocycles. The van der Waals surface area contributed by atoms with Crippen LogP contribution in [-0.2, 0) is 5.54 Å². The van der Waals surface area contributed by atoms with Crippen LogP contribution in [0.1, 0.15) is 72.3 Å². The van der Waals surface area contributed by atoms with Gasteiger partial charge in [-0.05, 0) is 56.7 Å². The first-order valence-corrected chi connectivity index (χ1v) is 10.3. The number of amides is 1. The standard InChI is InChI=1S/C24H23F2N3O/c1-24(2,16-6-4-3-5-7-16)27-23(30)21-20-14-8-9-15(12-14)22(20)29(28-21)19-11-10-17(25)13-18(19)26/h3-7,10-11,13-15H,8-9,12H2,1-2H3,(H,27,30)/t14?,15-/m0/s1. The van der Waals surface area contributed by atoms with Crippen LogP contribution in [0.3, 0.4) is 0 Å². The molecule has 2 bridgehead atoms. The molecule has 1 unspecified atom stereocenters. The van der Waals surface area contributed by atoms with Crippen molar-refractivity contribution in [1.29, 1.82) is 0 Å². The predicted octanol–water partition coefficient (Wildman–Crippen LogP) is 5.18. The van der Waals surface area contributed by atoms with E-state index in [2.05, 4.69) is 10.4 Å². The average molecular weight is 407 g/mol. The number of halogens is 2. The Balaban J connectivity index is 1.57. The van der Waals surface area contributed by atoms with Gasteiger partial charge in [-0.2, -0.15) is 5.10 Å². The van der Waals surface area contributed by atoms with Gasteiger partial charge in [0, 0.05) is 17.5 Å². The number of rotatable bonds is 4. The van der Waals surface area contributed by atoms with Crippen LogP contribution in [0.25, 0.3) is 5.69 Å². The van der Waals surface area contributed by atoms with Crippen molar-refractivity contribution >= 4 is 5.91 Å². The van der Waals surface area contributed by atoms with E-state index >= 15 is 0 Å². The SMILES string of the molecule is CC(C)(NC(=O)c1nn(-c2ccc(F)cc2F)c2c1C1CC[C@H]2C1)c1ccccc1. The van der Waals surface area contributed by atoms with E-state index in [-0.39, 0.29) is 23.4 Å². The maximum atomic E-state index is 14.5. The van der Waals surface area contributed by atoms with E-state index in [1.54, 1.807) is 0 Å². The summed E-state index contributed by atoms with van der Waals surface area (Å²) in [5, 5.41) is 7.65. The van der Waals surface area contributed by atoms with Gasteiger partial charge in [-0.1, -0.05) is 30.3 Å². The summed E-state index contributed by atoms with van der Waals surface area (Å²) in [7, 11) is 0. The Bertz CT molecular complexity index is 1140. The van der Waals surface area contributed by atoms with Gasteiger partial charge in [-0.15, -0.1) is 0 Å². The fourth-order valence-corrected chi connectivity index (χ4v) is 5.00. The van der Waals surface area contributed by atoms with Crippen molar-refractivity contribution in [3.05, 3.63) is 82.7 Å². The molecule has 6 heteroatoms. The fourth-order valence-electron chi connectivity index (χ4n) is 5.00. The first kappa shape index (κ1) is 19.0. The lowest BCUT2D eigenvalue weighted by atomic mass is 9.92. The molecule has 0 saturated heterocycles. The summed E-state index contributed by atoms with van der Waals surface area (Å²) in [6.45, 7) is 3.90. The van der Waals surface area contributed by atoms with E-state index in [0.29, 0.717) is 5.69 Å². The summed E-state index contributed by atoms with van der Waals surface area (Å²) >= 11 is 0. The summed E-state index contributed by atoms with van der Waals surface area (Å²) in [5.41, 5.74) is 2.76. The predicted molar refractivity (Wildman–Crippen MR) is 110 cm³/mol. The molecule has 1 aromatic heterocycles. The van der Waals surface area contributed by atoms with Gasteiger partial charge in [0.05, 0.1) is 11.2 Å². The third-order valence-electron chi connectivity index (χ3n) is 6.46. The Morgan fingerprint density at radius 2 is 1.83 bits per heavy atom. The van der Waals surface area contributed by atoms with E-state index < -0.39 is 17.2 Å². The Morgan fingerprint density at radius 1 is 1.10 bits per heavy atom. The molecule has 1 heterocycles. The molecule has 2 atom stereocenters. The molecule has 2 aliphatic carbocycles. The molecular weight excluding hydrogens is 384 g/mol. The van der Waals surface area contributed by atoms with Crippen molar-refractivity contribution in [2.45, 2.75) is 50.5 Å². The number of nitrogens with zero attached hydrogens (tertiary/aromatic N) is 2. The van der Waals surface area contributed by atoms with Crippen LogP contribution in [0, 0.1) is 11.6 Å². The molecule has 2 aliphatic rings. The minimum Gasteiger partial charge on any atom is -0.342 e. The lowest BCUT2D eigenvalue weighted by Gasteiger charge is -2.27. The molecule has 1 saturated carbocycles. The van der Waals surface area contributed by atoms with Gasteiger partial charge in [-0.25, -0.2) is 13.5 Å². The second-order valence-corrected chi connectivity index (χ2v) is 8.81. The lowest BCUT2D eigenvalue weighted by Crippen LogP contribution is -2.41. The van der Waals surface area contributed by atoms with Gasteiger partial charge in [0.25, 0.3) is 5.91 Å². The van der Waals surface area contributed by atoms with Crippen molar-refractivity contribution in [1.82, 2.24) is 15.1 Å². The number of benzene rings is 2. The second kappa shape index (κ2) is 6.76. The zero-order valence-corrected chi connectivity index (χ0v) is 17.0. The molecular formula is C24H23F2N3O. The van der Waals surface area contributed by atoms with Gasteiger partial charge in [-0.3, -0.25) is 4.79 Å². The normalized spacial score (nSPS) is 19.7. The van der Waals surface area contributed by atoms with Gasteiger partial charge >= 0.3 is 0 Å². The van der Waals surface area contributed by atoms with E-state index in [1.165, 1.54) is 16.8 Å². The third kappa shape index (κ3) is 2.93.